The van der Waals surface area contributed by atoms with E-state index >= 15 is 0 Å². The molecule has 170 valence electrons. The highest BCUT2D eigenvalue weighted by molar-refractivity contribution is 5.69. The van der Waals surface area contributed by atoms with Gasteiger partial charge in [-0.15, -0.1) is 0 Å². The van der Waals surface area contributed by atoms with Crippen molar-refractivity contribution in [2.24, 2.45) is 0 Å². The molecule has 2 aliphatic heterocycles. The number of phenolic OH excluding ortho intramolecular Hbond substituents is 2. The fourth-order valence-corrected chi connectivity index (χ4v) is 3.39. The zero-order chi connectivity index (χ0) is 22.5. The minimum absolute atomic E-state index is 0.0145. The summed E-state index contributed by atoms with van der Waals surface area (Å²) in [6, 6.07) is 1.36. The molecule has 10 nitrogen and oxygen atoms in total. The van der Waals surface area contributed by atoms with E-state index in [1.165, 1.54) is 13.2 Å². The van der Waals surface area contributed by atoms with Crippen molar-refractivity contribution in [1.82, 2.24) is 0 Å². The monoisotopic (exact) mass is 438 g/mol. The molecule has 1 aromatic rings. The van der Waals surface area contributed by atoms with E-state index in [0.717, 1.165) is 0 Å². The number of fused-ring (bicyclic) bond motifs is 1. The maximum Gasteiger partial charge on any atom is 0.229 e. The largest absolute Gasteiger partial charge is 0.504 e. The van der Waals surface area contributed by atoms with Crippen molar-refractivity contribution >= 4 is 6.08 Å². The van der Waals surface area contributed by atoms with Gasteiger partial charge in [0, 0.05) is 12.7 Å². The molecular weight excluding hydrogens is 412 g/mol. The highest BCUT2D eigenvalue weighted by Crippen LogP contribution is 2.44. The van der Waals surface area contributed by atoms with Crippen LogP contribution in [-0.2, 0) is 20.8 Å². The Labute approximate surface area is 178 Å². The van der Waals surface area contributed by atoms with Gasteiger partial charge < -0.3 is 49.6 Å². The van der Waals surface area contributed by atoms with E-state index in [9.17, 15) is 25.5 Å². The summed E-state index contributed by atoms with van der Waals surface area (Å²) >= 11 is 0. The molecule has 0 spiro atoms. The number of aliphatic hydroxyl groups is 4. The molecule has 0 aromatic heterocycles. The minimum atomic E-state index is -1.57. The van der Waals surface area contributed by atoms with Gasteiger partial charge in [0.2, 0.25) is 12.0 Å². The lowest BCUT2D eigenvalue weighted by Gasteiger charge is -2.41. The van der Waals surface area contributed by atoms with Crippen LogP contribution < -0.4 is 4.74 Å². The molecule has 6 N–H and O–H groups in total. The molecule has 10 heteroatoms. The Morgan fingerprint density at radius 1 is 1.16 bits per heavy atom. The number of hydrogen-bond donors (Lipinski definition) is 6. The number of methoxy groups -OCH3 is 1. The number of aliphatic hydroxyl groups excluding tert-OH is 4. The second-order valence-corrected chi connectivity index (χ2v) is 6.97. The van der Waals surface area contributed by atoms with Crippen LogP contribution in [0, 0.1) is 0 Å². The first kappa shape index (κ1) is 23.1. The van der Waals surface area contributed by atoms with Crippen LogP contribution in [0.15, 0.2) is 36.1 Å². The van der Waals surface area contributed by atoms with Crippen LogP contribution in [0.4, 0.5) is 0 Å². The summed E-state index contributed by atoms with van der Waals surface area (Å²) in [5.74, 6) is -0.704. The molecule has 2 aliphatic rings. The normalized spacial score (nSPS) is 28.4. The van der Waals surface area contributed by atoms with Crippen molar-refractivity contribution in [3.8, 4) is 17.2 Å². The molecule has 1 fully saturated rings. The van der Waals surface area contributed by atoms with Gasteiger partial charge in [-0.2, -0.15) is 0 Å². The van der Waals surface area contributed by atoms with Gasteiger partial charge >= 0.3 is 0 Å². The Balaban J connectivity index is 1.84. The summed E-state index contributed by atoms with van der Waals surface area (Å²) in [7, 11) is 1.30. The van der Waals surface area contributed by atoms with Crippen molar-refractivity contribution in [3.63, 3.8) is 0 Å². The van der Waals surface area contributed by atoms with Gasteiger partial charge in [0.1, 0.15) is 36.8 Å². The van der Waals surface area contributed by atoms with Gasteiger partial charge in [-0.1, -0.05) is 18.2 Å². The van der Waals surface area contributed by atoms with Crippen LogP contribution in [0.5, 0.6) is 17.2 Å². The van der Waals surface area contributed by atoms with Crippen LogP contribution in [0.25, 0.3) is 6.08 Å². The molecule has 1 saturated heterocycles. The van der Waals surface area contributed by atoms with Crippen molar-refractivity contribution in [1.29, 1.82) is 0 Å². The fraction of sp³-hybridized carbons (Fsp3) is 0.429. The second kappa shape index (κ2) is 10.1. The standard InChI is InChI=1S/C21H26O10/c1-28-20-15(9-23)30-21(18(27)17(20)26)31-19-14(24)8-11-7-12(5-3-2-4-6-22)29-10-13(11)16(19)25/h2-5,7-8,15,17-18,20-27H,6,9-10H2,1H3/b4-2+,5-3+/t15-,17-,18-,20-,21+/m1/s1. The molecule has 0 amide bonds. The first-order chi connectivity index (χ1) is 14.9. The summed E-state index contributed by atoms with van der Waals surface area (Å²) in [6.45, 7) is -0.606. The number of aromatic hydroxyl groups is 2. The molecule has 5 atom stereocenters. The van der Waals surface area contributed by atoms with E-state index in [1.807, 2.05) is 0 Å². The Bertz CT molecular complexity index is 860. The summed E-state index contributed by atoms with van der Waals surface area (Å²) in [5.41, 5.74) is 0.840. The average Bonchev–Trinajstić information content (AvgIpc) is 2.76. The van der Waals surface area contributed by atoms with Crippen LogP contribution in [0.3, 0.4) is 0 Å². The Kier molecular flexibility index (Phi) is 7.55. The highest BCUT2D eigenvalue weighted by Gasteiger charge is 2.46. The van der Waals surface area contributed by atoms with Gasteiger partial charge in [0.15, 0.2) is 11.5 Å². The second-order valence-electron chi connectivity index (χ2n) is 6.97. The minimum Gasteiger partial charge on any atom is -0.504 e. The summed E-state index contributed by atoms with van der Waals surface area (Å²) in [4.78, 5) is 0. The van der Waals surface area contributed by atoms with Crippen molar-refractivity contribution in [2.45, 2.75) is 37.3 Å². The molecule has 0 radical (unpaired) electrons. The zero-order valence-electron chi connectivity index (χ0n) is 16.8. The Morgan fingerprint density at radius 2 is 1.94 bits per heavy atom. The third-order valence-corrected chi connectivity index (χ3v) is 5.00. The van der Waals surface area contributed by atoms with E-state index in [4.69, 9.17) is 24.1 Å². The van der Waals surface area contributed by atoms with Gasteiger partial charge in [0.25, 0.3) is 0 Å². The van der Waals surface area contributed by atoms with Crippen LogP contribution in [0.1, 0.15) is 11.1 Å². The van der Waals surface area contributed by atoms with E-state index in [-0.39, 0.29) is 19.0 Å². The molecular formula is C21H26O10. The third-order valence-electron chi connectivity index (χ3n) is 5.00. The van der Waals surface area contributed by atoms with E-state index in [2.05, 4.69) is 0 Å². The third kappa shape index (κ3) is 4.85. The molecule has 1 aromatic carbocycles. The van der Waals surface area contributed by atoms with Gasteiger partial charge in [-0.25, -0.2) is 0 Å². The lowest BCUT2D eigenvalue weighted by atomic mass is 9.99. The van der Waals surface area contributed by atoms with E-state index < -0.39 is 48.8 Å². The SMILES string of the molecule is CO[C@H]1[C@H](O)[C@@H](O)[C@H](Oc2c(O)cc3c(c2O)COC(/C=C/C=C/CO)=C3)O[C@@H]1CO. The number of hydrogen-bond acceptors (Lipinski definition) is 10. The molecule has 2 heterocycles. The number of ether oxygens (including phenoxy) is 4. The van der Waals surface area contributed by atoms with Gasteiger partial charge in [0.05, 0.1) is 13.2 Å². The predicted octanol–water partition coefficient (Wildman–Crippen LogP) is -0.0936. The first-order valence-electron chi connectivity index (χ1n) is 9.59. The highest BCUT2D eigenvalue weighted by atomic mass is 16.7. The molecule has 0 bridgehead atoms. The van der Waals surface area contributed by atoms with Gasteiger partial charge in [-0.05, 0) is 23.8 Å². The molecule has 0 saturated carbocycles. The number of rotatable bonds is 7. The maximum atomic E-state index is 10.6. The summed E-state index contributed by atoms with van der Waals surface area (Å²) in [6.07, 6.45) is 1.67. The smallest absolute Gasteiger partial charge is 0.229 e. The summed E-state index contributed by atoms with van der Waals surface area (Å²) in [5, 5.41) is 59.8. The number of benzene rings is 1. The molecule has 0 aliphatic carbocycles. The van der Waals surface area contributed by atoms with Crippen molar-refractivity contribution in [2.75, 3.05) is 20.3 Å². The molecule has 3 rings (SSSR count). The fourth-order valence-electron chi connectivity index (χ4n) is 3.39. The average molecular weight is 438 g/mol. The first-order valence-corrected chi connectivity index (χ1v) is 9.59. The Hall–Kier alpha value is -2.60. The predicted molar refractivity (Wildman–Crippen MR) is 107 cm³/mol. The molecule has 31 heavy (non-hydrogen) atoms. The maximum absolute atomic E-state index is 10.6. The lowest BCUT2D eigenvalue weighted by Crippen LogP contribution is -2.60. The van der Waals surface area contributed by atoms with E-state index in [1.54, 1.807) is 30.4 Å². The summed E-state index contributed by atoms with van der Waals surface area (Å²) < 4.78 is 21.6. The van der Waals surface area contributed by atoms with Gasteiger partial charge in [-0.3, -0.25) is 0 Å². The number of phenols is 2. The van der Waals surface area contributed by atoms with Crippen molar-refractivity contribution in [3.05, 3.63) is 47.3 Å². The van der Waals surface area contributed by atoms with Crippen LogP contribution >= 0.6 is 0 Å². The molecule has 0 unspecified atom stereocenters. The van der Waals surface area contributed by atoms with Crippen molar-refractivity contribution < 1.29 is 49.6 Å². The Morgan fingerprint density at radius 3 is 2.61 bits per heavy atom. The zero-order valence-corrected chi connectivity index (χ0v) is 16.8. The topological polar surface area (TPSA) is 158 Å². The number of allylic oxidation sites excluding steroid dienone is 3. The van der Waals surface area contributed by atoms with Crippen LogP contribution in [-0.4, -0.2) is 81.7 Å². The lowest BCUT2D eigenvalue weighted by molar-refractivity contribution is -0.282. The van der Waals surface area contributed by atoms with Crippen LogP contribution in [0.2, 0.25) is 0 Å². The van der Waals surface area contributed by atoms with E-state index in [0.29, 0.717) is 16.9 Å². The quantitative estimate of drug-likeness (QED) is 0.318.